The number of carboxylic acid groups (broad SMARTS) is 1. The van der Waals surface area contributed by atoms with Gasteiger partial charge in [-0.1, -0.05) is 6.42 Å². The first-order chi connectivity index (χ1) is 17.7. The molecule has 0 saturated heterocycles. The number of rotatable bonds is 20. The molecule has 11 N–H and O–H groups in total. The number of carbonyl (C=O) groups excluding carboxylic acids is 3. The van der Waals surface area contributed by atoms with E-state index in [0.717, 1.165) is 6.42 Å². The molecule has 13 nitrogen and oxygen atoms in total. The van der Waals surface area contributed by atoms with Crippen LogP contribution in [0.5, 0.6) is 0 Å². The molecule has 37 heavy (non-hydrogen) atoms. The standard InChI is InChI=1S/C23H42N8O5S/c1-37-11-8-17(29-20(32)16(26)6-2-4-9-24)21(33)31-19(12-15-13-27-14-28-15)22(34)30-18(23(35)36)7-3-5-10-25/h13-14,16-19H,2-12,24-26H2,1H3,(H,27,28)(H,29,32)(H,30,34)(H,31,33)(H,35,36). The molecule has 1 rings (SSSR count). The van der Waals surface area contributed by atoms with Gasteiger partial charge in [0.1, 0.15) is 18.1 Å². The van der Waals surface area contributed by atoms with Gasteiger partial charge >= 0.3 is 5.97 Å². The first-order valence-corrected chi connectivity index (χ1v) is 13.9. The van der Waals surface area contributed by atoms with Gasteiger partial charge in [-0.15, -0.1) is 0 Å². The summed E-state index contributed by atoms with van der Waals surface area (Å²) in [6, 6.07) is -3.93. The topological polar surface area (TPSA) is 231 Å². The highest BCUT2D eigenvalue weighted by Gasteiger charge is 2.30. The summed E-state index contributed by atoms with van der Waals surface area (Å²) in [4.78, 5) is 57.4. The normalized spacial score (nSPS) is 14.3. The van der Waals surface area contributed by atoms with Crippen LogP contribution in [-0.2, 0) is 25.6 Å². The highest BCUT2D eigenvalue weighted by Crippen LogP contribution is 2.07. The van der Waals surface area contributed by atoms with Crippen molar-refractivity contribution in [1.82, 2.24) is 25.9 Å². The molecule has 0 radical (unpaired) electrons. The zero-order valence-electron chi connectivity index (χ0n) is 21.4. The fourth-order valence-electron chi connectivity index (χ4n) is 3.54. The maximum absolute atomic E-state index is 13.2. The van der Waals surface area contributed by atoms with Crippen molar-refractivity contribution in [2.75, 3.05) is 25.1 Å². The summed E-state index contributed by atoms with van der Waals surface area (Å²) in [6.07, 6.45) is 8.42. The van der Waals surface area contributed by atoms with E-state index < -0.39 is 47.9 Å². The number of imidazole rings is 1. The van der Waals surface area contributed by atoms with E-state index in [1.807, 2.05) is 6.26 Å². The SMILES string of the molecule is CSCCC(NC(=O)C(N)CCCCN)C(=O)NC(Cc1cnc[nH]1)C(=O)NC(CCCCN)C(=O)O. The Morgan fingerprint density at radius 2 is 1.51 bits per heavy atom. The third-order valence-electron chi connectivity index (χ3n) is 5.72. The zero-order chi connectivity index (χ0) is 27.6. The van der Waals surface area contributed by atoms with E-state index in [1.54, 1.807) is 0 Å². The molecular formula is C23H42N8O5S. The Labute approximate surface area is 221 Å². The molecule has 4 atom stereocenters. The lowest BCUT2D eigenvalue weighted by Gasteiger charge is -2.25. The van der Waals surface area contributed by atoms with Crippen LogP contribution in [0, 0.1) is 0 Å². The average molecular weight is 543 g/mol. The van der Waals surface area contributed by atoms with Crippen LogP contribution < -0.4 is 33.2 Å². The second-order valence-corrected chi connectivity index (χ2v) is 9.75. The van der Waals surface area contributed by atoms with Crippen LogP contribution in [0.3, 0.4) is 0 Å². The zero-order valence-corrected chi connectivity index (χ0v) is 22.2. The minimum absolute atomic E-state index is 0.0501. The molecule has 3 amide bonds. The Bertz CT molecular complexity index is 826. The first kappa shape index (κ1) is 32.3. The average Bonchev–Trinajstić information content (AvgIpc) is 3.38. The number of H-pyrrole nitrogens is 1. The van der Waals surface area contributed by atoms with E-state index in [0.29, 0.717) is 56.6 Å². The molecule has 1 aromatic rings. The van der Waals surface area contributed by atoms with Crippen LogP contribution in [0.2, 0.25) is 0 Å². The number of thioether (sulfide) groups is 1. The van der Waals surface area contributed by atoms with E-state index in [-0.39, 0.29) is 12.8 Å². The van der Waals surface area contributed by atoms with Gasteiger partial charge in [0.2, 0.25) is 17.7 Å². The molecule has 210 valence electrons. The molecule has 1 aromatic heterocycles. The fourth-order valence-corrected chi connectivity index (χ4v) is 4.01. The highest BCUT2D eigenvalue weighted by atomic mass is 32.2. The largest absolute Gasteiger partial charge is 0.480 e. The molecule has 0 bridgehead atoms. The van der Waals surface area contributed by atoms with Crippen LogP contribution in [0.4, 0.5) is 0 Å². The van der Waals surface area contributed by atoms with Crippen molar-refractivity contribution in [3.63, 3.8) is 0 Å². The lowest BCUT2D eigenvalue weighted by Crippen LogP contribution is -2.57. The van der Waals surface area contributed by atoms with Crippen molar-refractivity contribution >= 4 is 35.5 Å². The monoisotopic (exact) mass is 542 g/mol. The predicted octanol–water partition coefficient (Wildman–Crippen LogP) is -1.17. The number of hydrogen-bond acceptors (Lipinski definition) is 9. The molecule has 1 heterocycles. The summed E-state index contributed by atoms with van der Waals surface area (Å²) in [6.45, 7) is 0.918. The second kappa shape index (κ2) is 18.5. The third kappa shape index (κ3) is 12.9. The van der Waals surface area contributed by atoms with E-state index in [1.165, 1.54) is 24.3 Å². The number of hydrogen-bond donors (Lipinski definition) is 8. The van der Waals surface area contributed by atoms with Crippen LogP contribution in [-0.4, -0.2) is 88.0 Å². The number of aromatic nitrogens is 2. The summed E-state index contributed by atoms with van der Waals surface area (Å²) < 4.78 is 0. The van der Waals surface area contributed by atoms with Gasteiger partial charge in [0.15, 0.2) is 0 Å². The molecule has 0 spiro atoms. The van der Waals surface area contributed by atoms with Gasteiger partial charge in [-0.3, -0.25) is 14.4 Å². The summed E-state index contributed by atoms with van der Waals surface area (Å²) >= 11 is 1.51. The van der Waals surface area contributed by atoms with Gasteiger partial charge in [0.25, 0.3) is 0 Å². The maximum atomic E-state index is 13.2. The van der Waals surface area contributed by atoms with Crippen molar-refractivity contribution in [2.45, 2.75) is 75.5 Å². The van der Waals surface area contributed by atoms with Gasteiger partial charge in [0, 0.05) is 18.3 Å². The van der Waals surface area contributed by atoms with E-state index >= 15 is 0 Å². The van der Waals surface area contributed by atoms with E-state index in [4.69, 9.17) is 17.2 Å². The Morgan fingerprint density at radius 3 is 2.08 bits per heavy atom. The molecule has 0 aliphatic carbocycles. The third-order valence-corrected chi connectivity index (χ3v) is 6.37. The van der Waals surface area contributed by atoms with Crippen LogP contribution in [0.15, 0.2) is 12.5 Å². The molecular weight excluding hydrogens is 500 g/mol. The lowest BCUT2D eigenvalue weighted by atomic mass is 10.1. The number of aliphatic carboxylic acids is 1. The Hall–Kier alpha value is -2.68. The van der Waals surface area contributed by atoms with E-state index in [9.17, 15) is 24.3 Å². The summed E-state index contributed by atoms with van der Waals surface area (Å²) in [7, 11) is 0. The van der Waals surface area contributed by atoms with Gasteiger partial charge < -0.3 is 43.2 Å². The number of nitrogens with two attached hydrogens (primary N) is 3. The quantitative estimate of drug-likeness (QED) is 0.0919. The molecule has 0 aliphatic rings. The predicted molar refractivity (Wildman–Crippen MR) is 143 cm³/mol. The molecule has 0 fully saturated rings. The van der Waals surface area contributed by atoms with Crippen molar-refractivity contribution in [3.8, 4) is 0 Å². The summed E-state index contributed by atoms with van der Waals surface area (Å²) in [5.41, 5.74) is 17.5. The van der Waals surface area contributed by atoms with Gasteiger partial charge in [-0.25, -0.2) is 9.78 Å². The number of aromatic amines is 1. The van der Waals surface area contributed by atoms with E-state index in [2.05, 4.69) is 25.9 Å². The molecule has 0 aliphatic heterocycles. The summed E-state index contributed by atoms with van der Waals surface area (Å²) in [5.74, 6) is -2.27. The summed E-state index contributed by atoms with van der Waals surface area (Å²) in [5, 5.41) is 17.4. The van der Waals surface area contributed by atoms with Crippen LogP contribution >= 0.6 is 11.8 Å². The van der Waals surface area contributed by atoms with Crippen molar-refractivity contribution < 1.29 is 24.3 Å². The first-order valence-electron chi connectivity index (χ1n) is 12.5. The lowest BCUT2D eigenvalue weighted by molar-refractivity contribution is -0.142. The number of nitrogens with zero attached hydrogens (tertiary/aromatic N) is 1. The number of nitrogens with one attached hydrogen (secondary N) is 4. The number of carboxylic acids is 1. The molecule has 4 unspecified atom stereocenters. The molecule has 14 heteroatoms. The maximum Gasteiger partial charge on any atom is 0.326 e. The van der Waals surface area contributed by atoms with Crippen molar-refractivity contribution in [1.29, 1.82) is 0 Å². The van der Waals surface area contributed by atoms with Crippen molar-refractivity contribution in [3.05, 3.63) is 18.2 Å². The number of amides is 3. The molecule has 0 aromatic carbocycles. The van der Waals surface area contributed by atoms with Gasteiger partial charge in [-0.05, 0) is 63.6 Å². The van der Waals surface area contributed by atoms with Gasteiger partial charge in [-0.2, -0.15) is 11.8 Å². The van der Waals surface area contributed by atoms with Gasteiger partial charge in [0.05, 0.1) is 12.4 Å². The second-order valence-electron chi connectivity index (χ2n) is 8.76. The molecule has 0 saturated carbocycles. The smallest absolute Gasteiger partial charge is 0.326 e. The highest BCUT2D eigenvalue weighted by molar-refractivity contribution is 7.98. The number of unbranched alkanes of at least 4 members (excludes halogenated alkanes) is 2. The number of carbonyl (C=O) groups is 4. The minimum Gasteiger partial charge on any atom is -0.480 e. The Kier molecular flexibility index (Phi) is 16.2. The Morgan fingerprint density at radius 1 is 0.919 bits per heavy atom. The minimum atomic E-state index is -1.18. The fraction of sp³-hybridized carbons (Fsp3) is 0.696. The van der Waals surface area contributed by atoms with Crippen LogP contribution in [0.25, 0.3) is 0 Å². The van der Waals surface area contributed by atoms with Crippen LogP contribution in [0.1, 0.15) is 50.6 Å². The van der Waals surface area contributed by atoms with Crippen molar-refractivity contribution in [2.24, 2.45) is 17.2 Å². The Balaban J connectivity index is 2.97.